The first-order chi connectivity index (χ1) is 9.69. The average Bonchev–Trinajstić information content (AvgIpc) is 2.87. The summed E-state index contributed by atoms with van der Waals surface area (Å²) in [4.78, 5) is 14.1. The lowest BCUT2D eigenvalue weighted by Crippen LogP contribution is -2.28. The Labute approximate surface area is 125 Å². The fourth-order valence-electron chi connectivity index (χ4n) is 2.95. The molecule has 2 aromatic carbocycles. The molecule has 1 unspecified atom stereocenters. The number of likely N-dealkylation sites (tertiary alicyclic amines) is 1. The monoisotopic (exact) mass is 285 g/mol. The zero-order valence-electron chi connectivity index (χ0n) is 11.6. The Morgan fingerprint density at radius 2 is 2.00 bits per heavy atom. The van der Waals surface area contributed by atoms with E-state index in [1.54, 1.807) is 0 Å². The molecule has 1 fully saturated rings. The predicted molar refractivity (Wildman–Crippen MR) is 86.0 cm³/mol. The number of thiol groups is 1. The van der Waals surface area contributed by atoms with Gasteiger partial charge in [-0.1, -0.05) is 36.4 Å². The standard InChI is InChI=1S/C17H19NOS/c1-12(18-10-13(11-20)8-17(18)19)15-7-6-14-4-2-3-5-16(14)9-15/h2-7,9,12-13,20H,8,10-11H2,1H3/t12-,13?/m0/s1. The molecule has 0 N–H and O–H groups in total. The van der Waals surface area contributed by atoms with Gasteiger partial charge in [-0.3, -0.25) is 4.79 Å². The van der Waals surface area contributed by atoms with Crippen molar-refractivity contribution in [2.75, 3.05) is 12.3 Å². The van der Waals surface area contributed by atoms with Crippen LogP contribution in [0.5, 0.6) is 0 Å². The van der Waals surface area contributed by atoms with Gasteiger partial charge >= 0.3 is 0 Å². The van der Waals surface area contributed by atoms with Crippen LogP contribution in [0.25, 0.3) is 10.8 Å². The summed E-state index contributed by atoms with van der Waals surface area (Å²) in [5.41, 5.74) is 1.21. The molecule has 2 nitrogen and oxygen atoms in total. The molecule has 2 atom stereocenters. The highest BCUT2D eigenvalue weighted by Gasteiger charge is 2.32. The molecule has 0 bridgehead atoms. The zero-order valence-corrected chi connectivity index (χ0v) is 12.5. The quantitative estimate of drug-likeness (QED) is 0.853. The zero-order chi connectivity index (χ0) is 14.1. The van der Waals surface area contributed by atoms with Gasteiger partial charge in [0.25, 0.3) is 0 Å². The lowest BCUT2D eigenvalue weighted by molar-refractivity contribution is -0.129. The Bertz CT molecular complexity index is 640. The smallest absolute Gasteiger partial charge is 0.223 e. The third-order valence-electron chi connectivity index (χ3n) is 4.22. The van der Waals surface area contributed by atoms with Gasteiger partial charge in [0.1, 0.15) is 0 Å². The number of carbonyl (C=O) groups is 1. The molecule has 3 rings (SSSR count). The maximum absolute atomic E-state index is 12.1. The van der Waals surface area contributed by atoms with E-state index in [1.807, 2.05) is 11.0 Å². The number of nitrogens with zero attached hydrogens (tertiary/aromatic N) is 1. The van der Waals surface area contributed by atoms with Crippen molar-refractivity contribution < 1.29 is 4.79 Å². The molecule has 1 saturated heterocycles. The summed E-state index contributed by atoms with van der Waals surface area (Å²) in [7, 11) is 0. The topological polar surface area (TPSA) is 20.3 Å². The summed E-state index contributed by atoms with van der Waals surface area (Å²) < 4.78 is 0. The van der Waals surface area contributed by atoms with E-state index in [0.717, 1.165) is 12.3 Å². The maximum atomic E-state index is 12.1. The van der Waals surface area contributed by atoms with Crippen LogP contribution in [0.4, 0.5) is 0 Å². The van der Waals surface area contributed by atoms with Gasteiger partial charge < -0.3 is 4.90 Å². The Kier molecular flexibility index (Phi) is 3.70. The van der Waals surface area contributed by atoms with Gasteiger partial charge in [-0.2, -0.15) is 12.6 Å². The van der Waals surface area contributed by atoms with Crippen molar-refractivity contribution in [3.05, 3.63) is 48.0 Å². The van der Waals surface area contributed by atoms with Crippen LogP contribution in [0.2, 0.25) is 0 Å². The molecule has 20 heavy (non-hydrogen) atoms. The van der Waals surface area contributed by atoms with Crippen LogP contribution < -0.4 is 0 Å². The van der Waals surface area contributed by atoms with Gasteiger partial charge in [0.2, 0.25) is 5.91 Å². The van der Waals surface area contributed by atoms with Gasteiger partial charge in [-0.05, 0) is 41.0 Å². The van der Waals surface area contributed by atoms with Crippen LogP contribution in [0.1, 0.15) is 24.9 Å². The van der Waals surface area contributed by atoms with E-state index < -0.39 is 0 Å². The fourth-order valence-corrected chi connectivity index (χ4v) is 3.20. The second-order valence-electron chi connectivity index (χ2n) is 5.58. The Morgan fingerprint density at radius 1 is 1.25 bits per heavy atom. The van der Waals surface area contributed by atoms with E-state index in [1.165, 1.54) is 16.3 Å². The number of hydrogen-bond donors (Lipinski definition) is 1. The second kappa shape index (κ2) is 5.49. The van der Waals surface area contributed by atoms with Crippen molar-refractivity contribution in [3.63, 3.8) is 0 Å². The second-order valence-corrected chi connectivity index (χ2v) is 5.95. The third-order valence-corrected chi connectivity index (χ3v) is 4.74. The number of hydrogen-bond acceptors (Lipinski definition) is 2. The molecular formula is C17H19NOS. The number of benzene rings is 2. The van der Waals surface area contributed by atoms with Crippen LogP contribution in [0.15, 0.2) is 42.5 Å². The summed E-state index contributed by atoms with van der Waals surface area (Å²) >= 11 is 4.32. The molecule has 0 radical (unpaired) electrons. The van der Waals surface area contributed by atoms with E-state index in [-0.39, 0.29) is 11.9 Å². The first-order valence-corrected chi connectivity index (χ1v) is 7.71. The number of rotatable bonds is 3. The van der Waals surface area contributed by atoms with E-state index in [4.69, 9.17) is 0 Å². The molecule has 0 saturated carbocycles. The van der Waals surface area contributed by atoms with Gasteiger partial charge in [0.05, 0.1) is 6.04 Å². The first kappa shape index (κ1) is 13.5. The molecule has 104 valence electrons. The Hall–Kier alpha value is -1.48. The van der Waals surface area contributed by atoms with Crippen LogP contribution in [0.3, 0.4) is 0 Å². The van der Waals surface area contributed by atoms with Crippen molar-refractivity contribution in [3.8, 4) is 0 Å². The highest BCUT2D eigenvalue weighted by atomic mass is 32.1. The fraction of sp³-hybridized carbons (Fsp3) is 0.353. The first-order valence-electron chi connectivity index (χ1n) is 7.08. The predicted octanol–water partition coefficient (Wildman–Crippen LogP) is 3.68. The van der Waals surface area contributed by atoms with Gasteiger partial charge in [0.15, 0.2) is 0 Å². The average molecular weight is 285 g/mol. The van der Waals surface area contributed by atoms with Gasteiger partial charge in [-0.15, -0.1) is 0 Å². The molecule has 2 aromatic rings. The molecule has 0 aliphatic carbocycles. The van der Waals surface area contributed by atoms with Crippen molar-refractivity contribution in [1.82, 2.24) is 4.90 Å². The molecule has 3 heteroatoms. The lowest BCUT2D eigenvalue weighted by Gasteiger charge is -2.25. The van der Waals surface area contributed by atoms with Crippen molar-refractivity contribution in [2.24, 2.45) is 5.92 Å². The van der Waals surface area contributed by atoms with Gasteiger partial charge in [-0.25, -0.2) is 0 Å². The third kappa shape index (κ3) is 2.42. The van der Waals surface area contributed by atoms with Crippen LogP contribution in [-0.4, -0.2) is 23.1 Å². The highest BCUT2D eigenvalue weighted by Crippen LogP contribution is 2.30. The van der Waals surface area contributed by atoms with Crippen molar-refractivity contribution in [1.29, 1.82) is 0 Å². The van der Waals surface area contributed by atoms with E-state index in [0.29, 0.717) is 12.3 Å². The summed E-state index contributed by atoms with van der Waals surface area (Å²) in [6, 6.07) is 14.9. The normalized spacial score (nSPS) is 20.6. The minimum Gasteiger partial charge on any atom is -0.336 e. The number of carbonyl (C=O) groups excluding carboxylic acids is 1. The molecule has 0 aromatic heterocycles. The summed E-state index contributed by atoms with van der Waals surface area (Å²) in [5.74, 6) is 1.44. The molecule has 1 aliphatic rings. The molecule has 0 spiro atoms. The molecule has 1 heterocycles. The SMILES string of the molecule is C[C@@H](c1ccc2ccccc2c1)N1CC(CS)CC1=O. The van der Waals surface area contributed by atoms with Crippen molar-refractivity contribution >= 4 is 29.3 Å². The van der Waals surface area contributed by atoms with E-state index >= 15 is 0 Å². The maximum Gasteiger partial charge on any atom is 0.223 e. The largest absolute Gasteiger partial charge is 0.336 e. The van der Waals surface area contributed by atoms with Crippen LogP contribution >= 0.6 is 12.6 Å². The minimum atomic E-state index is 0.136. The van der Waals surface area contributed by atoms with Gasteiger partial charge in [0, 0.05) is 13.0 Å². The van der Waals surface area contributed by atoms with Crippen LogP contribution in [-0.2, 0) is 4.79 Å². The Balaban J connectivity index is 1.88. The summed E-state index contributed by atoms with van der Waals surface area (Å²) in [6.45, 7) is 2.94. The van der Waals surface area contributed by atoms with E-state index in [9.17, 15) is 4.79 Å². The number of amides is 1. The highest BCUT2D eigenvalue weighted by molar-refractivity contribution is 7.80. The molecule has 1 amide bonds. The lowest BCUT2D eigenvalue weighted by atomic mass is 10.0. The van der Waals surface area contributed by atoms with E-state index in [2.05, 4.69) is 56.0 Å². The Morgan fingerprint density at radius 3 is 2.70 bits per heavy atom. The number of fused-ring (bicyclic) bond motifs is 1. The van der Waals surface area contributed by atoms with Crippen molar-refractivity contribution in [2.45, 2.75) is 19.4 Å². The molecular weight excluding hydrogens is 266 g/mol. The minimum absolute atomic E-state index is 0.136. The van der Waals surface area contributed by atoms with Crippen LogP contribution in [0, 0.1) is 5.92 Å². The molecule has 1 aliphatic heterocycles. The summed E-state index contributed by atoms with van der Waals surface area (Å²) in [5, 5.41) is 2.47. The summed E-state index contributed by atoms with van der Waals surface area (Å²) in [6.07, 6.45) is 0.640.